The number of nitrogens with one attached hydrogen (secondary N) is 2. The second-order valence-electron chi connectivity index (χ2n) is 6.80. The number of aromatic nitrogens is 3. The molecule has 152 valence electrons. The van der Waals surface area contributed by atoms with Gasteiger partial charge in [0.25, 0.3) is 0 Å². The monoisotopic (exact) mass is 496 g/mol. The Kier molecular flexibility index (Phi) is 8.75. The van der Waals surface area contributed by atoms with Crippen molar-refractivity contribution >= 4 is 40.8 Å². The molecule has 2 aromatic heterocycles. The predicted molar refractivity (Wildman–Crippen MR) is 123 cm³/mol. The van der Waals surface area contributed by atoms with Crippen LogP contribution in [0.2, 0.25) is 0 Å². The highest BCUT2D eigenvalue weighted by atomic mass is 127. The second kappa shape index (κ2) is 11.0. The lowest BCUT2D eigenvalue weighted by Crippen LogP contribution is -2.39. The molecule has 1 aromatic carbocycles. The van der Waals surface area contributed by atoms with E-state index >= 15 is 0 Å². The van der Waals surface area contributed by atoms with E-state index in [1.807, 2.05) is 0 Å². The van der Waals surface area contributed by atoms with Gasteiger partial charge in [0.15, 0.2) is 11.8 Å². The van der Waals surface area contributed by atoms with Crippen LogP contribution in [0.25, 0.3) is 10.9 Å². The zero-order valence-electron chi connectivity index (χ0n) is 16.7. The smallest absolute Gasteiger partial charge is 0.228 e. The van der Waals surface area contributed by atoms with Crippen molar-refractivity contribution in [3.63, 3.8) is 0 Å². The molecule has 0 atom stereocenters. The Hall–Kier alpha value is -2.10. The molecule has 0 amide bonds. The molecule has 28 heavy (non-hydrogen) atoms. The largest absolute Gasteiger partial charge is 0.356 e. The van der Waals surface area contributed by atoms with Crippen LogP contribution < -0.4 is 10.6 Å². The van der Waals surface area contributed by atoms with Gasteiger partial charge in [-0.3, -0.25) is 4.99 Å². The molecule has 0 aliphatic rings. The number of rotatable bonds is 8. The van der Waals surface area contributed by atoms with Crippen LogP contribution >= 0.6 is 24.0 Å². The van der Waals surface area contributed by atoms with E-state index in [9.17, 15) is 0 Å². The first-order valence-corrected chi connectivity index (χ1v) is 9.48. The summed E-state index contributed by atoms with van der Waals surface area (Å²) in [4.78, 5) is 8.64. The molecule has 0 fully saturated rings. The van der Waals surface area contributed by atoms with Crippen molar-refractivity contribution in [1.29, 1.82) is 0 Å². The number of nitrogens with zero attached hydrogens (tertiary/aromatic N) is 4. The Bertz CT molecular complexity index is 886. The van der Waals surface area contributed by atoms with Crippen LogP contribution in [-0.4, -0.2) is 40.8 Å². The Morgan fingerprint density at radius 2 is 1.96 bits per heavy atom. The van der Waals surface area contributed by atoms with Gasteiger partial charge in [-0.05, 0) is 23.9 Å². The number of halogens is 1. The van der Waals surface area contributed by atoms with Gasteiger partial charge >= 0.3 is 0 Å². The number of benzene rings is 1. The number of aryl methyl sites for hydroxylation is 1. The molecule has 0 unspecified atom stereocenters. The highest BCUT2D eigenvalue weighted by Crippen LogP contribution is 2.15. The molecule has 0 saturated heterocycles. The van der Waals surface area contributed by atoms with Crippen molar-refractivity contribution in [3.05, 3.63) is 48.2 Å². The zero-order chi connectivity index (χ0) is 19.1. The summed E-state index contributed by atoms with van der Waals surface area (Å²) < 4.78 is 7.54. The van der Waals surface area contributed by atoms with Crippen LogP contribution in [0.5, 0.6) is 0 Å². The fourth-order valence-electron chi connectivity index (χ4n) is 2.90. The van der Waals surface area contributed by atoms with Crippen molar-refractivity contribution in [2.45, 2.75) is 39.2 Å². The van der Waals surface area contributed by atoms with E-state index in [1.54, 1.807) is 7.05 Å². The van der Waals surface area contributed by atoms with Crippen molar-refractivity contribution < 1.29 is 4.52 Å². The maximum Gasteiger partial charge on any atom is 0.228 e. The summed E-state index contributed by atoms with van der Waals surface area (Å²) in [6.07, 6.45) is 3.84. The number of hydrogen-bond acceptors (Lipinski definition) is 4. The van der Waals surface area contributed by atoms with E-state index in [-0.39, 0.29) is 29.9 Å². The first kappa shape index (κ1) is 22.2. The van der Waals surface area contributed by atoms with Crippen LogP contribution in [-0.2, 0) is 13.0 Å². The third-order valence-electron chi connectivity index (χ3n) is 4.40. The van der Waals surface area contributed by atoms with Crippen molar-refractivity contribution in [1.82, 2.24) is 25.3 Å². The lowest BCUT2D eigenvalue weighted by molar-refractivity contribution is 0.371. The summed E-state index contributed by atoms with van der Waals surface area (Å²) in [6, 6.07) is 10.6. The van der Waals surface area contributed by atoms with E-state index in [0.717, 1.165) is 31.3 Å². The summed E-state index contributed by atoms with van der Waals surface area (Å²) >= 11 is 0. The summed E-state index contributed by atoms with van der Waals surface area (Å²) in [6.45, 7) is 6.62. The van der Waals surface area contributed by atoms with Gasteiger partial charge < -0.3 is 19.7 Å². The lowest BCUT2D eigenvalue weighted by Gasteiger charge is -2.11. The average molecular weight is 496 g/mol. The van der Waals surface area contributed by atoms with Gasteiger partial charge in [0.05, 0.1) is 0 Å². The van der Waals surface area contributed by atoms with Crippen LogP contribution in [0, 0.1) is 0 Å². The Morgan fingerprint density at radius 3 is 2.71 bits per heavy atom. The average Bonchev–Trinajstić information content (AvgIpc) is 3.31. The highest BCUT2D eigenvalue weighted by Gasteiger charge is 2.09. The maximum absolute atomic E-state index is 5.25. The van der Waals surface area contributed by atoms with Crippen LogP contribution in [0.1, 0.15) is 37.9 Å². The maximum atomic E-state index is 5.25. The number of hydrogen-bond donors (Lipinski definition) is 2. The molecule has 0 saturated carbocycles. The fourth-order valence-corrected chi connectivity index (χ4v) is 2.90. The van der Waals surface area contributed by atoms with Crippen LogP contribution in [0.15, 0.2) is 46.0 Å². The van der Waals surface area contributed by atoms with Crippen LogP contribution in [0.4, 0.5) is 0 Å². The lowest BCUT2D eigenvalue weighted by atomic mass is 10.2. The van der Waals surface area contributed by atoms with Crippen molar-refractivity contribution in [3.8, 4) is 0 Å². The summed E-state index contributed by atoms with van der Waals surface area (Å²) in [5, 5.41) is 11.9. The van der Waals surface area contributed by atoms with Gasteiger partial charge in [0.1, 0.15) is 0 Å². The molecule has 8 heteroatoms. The number of fused-ring (bicyclic) bond motifs is 1. The van der Waals surface area contributed by atoms with Gasteiger partial charge in [-0.2, -0.15) is 4.98 Å². The number of aliphatic imine (C=N–C) groups is 1. The molecule has 0 radical (unpaired) electrons. The van der Waals surface area contributed by atoms with E-state index < -0.39 is 0 Å². The Balaban J connectivity index is 0.00000280. The molecule has 0 aliphatic carbocycles. The number of para-hydroxylation sites is 1. The quantitative estimate of drug-likeness (QED) is 0.216. The SMILES string of the molecule is CN=C(NCCCn1ccc2ccccc21)NCCc1nc(C(C)C)no1.I. The van der Waals surface area contributed by atoms with E-state index in [4.69, 9.17) is 4.52 Å². The zero-order valence-corrected chi connectivity index (χ0v) is 19.0. The van der Waals surface area contributed by atoms with Gasteiger partial charge in [-0.15, -0.1) is 24.0 Å². The molecule has 2 heterocycles. The molecule has 3 aromatic rings. The molecule has 3 rings (SSSR count). The van der Waals surface area contributed by atoms with Gasteiger partial charge in [-0.25, -0.2) is 0 Å². The van der Waals surface area contributed by atoms with Crippen LogP contribution in [0.3, 0.4) is 0 Å². The molecule has 0 bridgehead atoms. The number of guanidine groups is 1. The Labute approximate surface area is 183 Å². The van der Waals surface area contributed by atoms with E-state index in [2.05, 4.69) is 80.7 Å². The summed E-state index contributed by atoms with van der Waals surface area (Å²) in [5.74, 6) is 2.48. The molecule has 2 N–H and O–H groups in total. The molecule has 0 spiro atoms. The predicted octanol–water partition coefficient (Wildman–Crippen LogP) is 3.56. The third kappa shape index (κ3) is 5.95. The minimum absolute atomic E-state index is 0. The van der Waals surface area contributed by atoms with Gasteiger partial charge in [-0.1, -0.05) is 37.2 Å². The standard InChI is InChI=1S/C20H28N6O.HI/c1-15(2)19-24-18(27-25-19)9-12-23-20(21-3)22-11-6-13-26-14-10-16-7-4-5-8-17(16)26;/h4-5,7-8,10,14-15H,6,9,11-13H2,1-3H3,(H2,21,22,23);1H. The molecular formula is C20H29IN6O. The molecule has 0 aliphatic heterocycles. The van der Waals surface area contributed by atoms with Gasteiger partial charge in [0.2, 0.25) is 5.89 Å². The normalized spacial score (nSPS) is 11.6. The summed E-state index contributed by atoms with van der Waals surface area (Å²) in [5.41, 5.74) is 1.28. The minimum Gasteiger partial charge on any atom is -0.356 e. The van der Waals surface area contributed by atoms with E-state index in [1.165, 1.54) is 10.9 Å². The second-order valence-corrected chi connectivity index (χ2v) is 6.80. The van der Waals surface area contributed by atoms with Crippen molar-refractivity contribution in [2.75, 3.05) is 20.1 Å². The first-order valence-electron chi connectivity index (χ1n) is 9.48. The topological polar surface area (TPSA) is 80.3 Å². The highest BCUT2D eigenvalue weighted by molar-refractivity contribution is 14.0. The minimum atomic E-state index is 0. The Morgan fingerprint density at radius 1 is 1.18 bits per heavy atom. The summed E-state index contributed by atoms with van der Waals surface area (Å²) in [7, 11) is 1.78. The van der Waals surface area contributed by atoms with Gasteiger partial charge in [0, 0.05) is 50.7 Å². The molecular weight excluding hydrogens is 467 g/mol. The van der Waals surface area contributed by atoms with E-state index in [0.29, 0.717) is 18.9 Å². The third-order valence-corrected chi connectivity index (χ3v) is 4.40. The first-order chi connectivity index (χ1) is 13.2. The fraction of sp³-hybridized carbons (Fsp3) is 0.450. The van der Waals surface area contributed by atoms with Crippen molar-refractivity contribution in [2.24, 2.45) is 4.99 Å². The molecule has 7 nitrogen and oxygen atoms in total.